The van der Waals surface area contributed by atoms with E-state index >= 15 is 0 Å². The van der Waals surface area contributed by atoms with Crippen molar-refractivity contribution >= 4 is 22.8 Å². The summed E-state index contributed by atoms with van der Waals surface area (Å²) < 4.78 is 35.0. The van der Waals surface area contributed by atoms with Crippen LogP contribution in [-0.2, 0) is 12.3 Å². The predicted molar refractivity (Wildman–Crippen MR) is 134 cm³/mol. The molecule has 0 aliphatic carbocycles. The van der Waals surface area contributed by atoms with Crippen LogP contribution in [-0.4, -0.2) is 21.6 Å². The van der Waals surface area contributed by atoms with Gasteiger partial charge in [0.15, 0.2) is 5.16 Å². The molecule has 176 valence electrons. The summed E-state index contributed by atoms with van der Waals surface area (Å²) in [5.41, 5.74) is 3.35. The minimum absolute atomic E-state index is 0.110. The minimum Gasteiger partial charge on any atom is -0.496 e. The van der Waals surface area contributed by atoms with Crippen LogP contribution in [0.5, 0.6) is 5.75 Å². The molecular formula is C27H21F2N3O2S. The van der Waals surface area contributed by atoms with Crippen molar-refractivity contribution in [2.45, 2.75) is 17.5 Å². The van der Waals surface area contributed by atoms with Gasteiger partial charge in [-0.1, -0.05) is 60.3 Å². The van der Waals surface area contributed by atoms with Crippen LogP contribution in [0.3, 0.4) is 0 Å². The van der Waals surface area contributed by atoms with Gasteiger partial charge < -0.3 is 9.72 Å². The second-order valence-corrected chi connectivity index (χ2v) is 8.86. The first-order chi connectivity index (χ1) is 17.0. The Balaban J connectivity index is 1.64. The van der Waals surface area contributed by atoms with Gasteiger partial charge in [-0.05, 0) is 29.8 Å². The summed E-state index contributed by atoms with van der Waals surface area (Å²) in [5.74, 6) is -0.277. The fourth-order valence-electron chi connectivity index (χ4n) is 3.96. The Morgan fingerprint density at radius 3 is 2.57 bits per heavy atom. The molecule has 0 atom stereocenters. The standard InChI is InChI=1S/C27H21F2N3O2S/c1-34-23-10-6-5-9-18(23)15-32-26(33)25-24(21(14-30-25)17-7-3-2-4-8-17)31-27(32)35-16-19-13-20(28)11-12-22(19)29/h2-14,30H,15-16H2,1H3. The number of halogens is 2. The number of nitrogens with zero attached hydrogens (tertiary/aromatic N) is 2. The molecule has 1 N–H and O–H groups in total. The number of hydrogen-bond donors (Lipinski definition) is 1. The fourth-order valence-corrected chi connectivity index (χ4v) is 4.93. The Labute approximate surface area is 204 Å². The van der Waals surface area contributed by atoms with Crippen molar-refractivity contribution in [2.24, 2.45) is 0 Å². The molecule has 5 nitrogen and oxygen atoms in total. The zero-order valence-electron chi connectivity index (χ0n) is 18.8. The van der Waals surface area contributed by atoms with Gasteiger partial charge in [0.25, 0.3) is 5.56 Å². The molecule has 0 amide bonds. The fraction of sp³-hybridized carbons (Fsp3) is 0.111. The Morgan fingerprint density at radius 2 is 1.77 bits per heavy atom. The van der Waals surface area contributed by atoms with E-state index in [1.165, 1.54) is 16.3 Å². The lowest BCUT2D eigenvalue weighted by atomic mass is 10.1. The van der Waals surface area contributed by atoms with Crippen molar-refractivity contribution in [1.82, 2.24) is 14.5 Å². The number of para-hydroxylation sites is 1. The number of hydrogen-bond acceptors (Lipinski definition) is 4. The molecule has 0 unspecified atom stereocenters. The van der Waals surface area contributed by atoms with Gasteiger partial charge in [-0.3, -0.25) is 9.36 Å². The van der Waals surface area contributed by atoms with Gasteiger partial charge in [-0.2, -0.15) is 0 Å². The van der Waals surface area contributed by atoms with Crippen LogP contribution in [0.25, 0.3) is 22.2 Å². The topological polar surface area (TPSA) is 59.9 Å². The molecule has 5 rings (SSSR count). The highest BCUT2D eigenvalue weighted by molar-refractivity contribution is 7.98. The van der Waals surface area contributed by atoms with Crippen LogP contribution in [0, 0.1) is 11.6 Å². The molecule has 0 aliphatic rings. The summed E-state index contributed by atoms with van der Waals surface area (Å²) in [6.07, 6.45) is 1.77. The van der Waals surface area contributed by atoms with Crippen molar-refractivity contribution < 1.29 is 13.5 Å². The highest BCUT2D eigenvalue weighted by Gasteiger charge is 2.19. The molecule has 0 saturated heterocycles. The second kappa shape index (κ2) is 9.76. The number of fused-ring (bicyclic) bond motifs is 1. The van der Waals surface area contributed by atoms with Crippen LogP contribution in [0.1, 0.15) is 11.1 Å². The van der Waals surface area contributed by atoms with Crippen LogP contribution >= 0.6 is 11.8 Å². The van der Waals surface area contributed by atoms with Crippen molar-refractivity contribution in [2.75, 3.05) is 7.11 Å². The smallest absolute Gasteiger partial charge is 0.278 e. The minimum atomic E-state index is -0.520. The molecule has 0 saturated carbocycles. The predicted octanol–water partition coefficient (Wildman–Crippen LogP) is 6.02. The van der Waals surface area contributed by atoms with Crippen molar-refractivity contribution in [3.05, 3.63) is 112 Å². The maximum Gasteiger partial charge on any atom is 0.278 e. The van der Waals surface area contributed by atoms with Gasteiger partial charge in [0, 0.05) is 28.6 Å². The first-order valence-electron chi connectivity index (χ1n) is 10.9. The highest BCUT2D eigenvalue weighted by atomic mass is 32.2. The van der Waals surface area contributed by atoms with Gasteiger partial charge in [0.1, 0.15) is 28.4 Å². The average molecular weight is 490 g/mol. The Morgan fingerprint density at radius 1 is 1.00 bits per heavy atom. The summed E-state index contributed by atoms with van der Waals surface area (Å²) in [6.45, 7) is 0.208. The number of methoxy groups -OCH3 is 1. The normalized spacial score (nSPS) is 11.2. The lowest BCUT2D eigenvalue weighted by molar-refractivity contribution is 0.407. The van der Waals surface area contributed by atoms with Crippen LogP contribution in [0.2, 0.25) is 0 Å². The van der Waals surface area contributed by atoms with Crippen LogP contribution < -0.4 is 10.3 Å². The molecule has 0 bridgehead atoms. The molecule has 2 aromatic heterocycles. The highest BCUT2D eigenvalue weighted by Crippen LogP contribution is 2.30. The van der Waals surface area contributed by atoms with Crippen molar-refractivity contribution in [1.29, 1.82) is 0 Å². The number of nitrogens with one attached hydrogen (secondary N) is 1. The maximum absolute atomic E-state index is 14.3. The molecule has 0 fully saturated rings. The van der Waals surface area contributed by atoms with Crippen molar-refractivity contribution in [3.63, 3.8) is 0 Å². The zero-order valence-corrected chi connectivity index (χ0v) is 19.6. The number of thioether (sulfide) groups is 1. The number of H-pyrrole nitrogens is 1. The summed E-state index contributed by atoms with van der Waals surface area (Å²) >= 11 is 1.18. The lowest BCUT2D eigenvalue weighted by Gasteiger charge is -2.15. The van der Waals surface area contributed by atoms with Gasteiger partial charge in [-0.15, -0.1) is 0 Å². The maximum atomic E-state index is 14.3. The number of aromatic nitrogens is 3. The Hall–Kier alpha value is -3.91. The van der Waals surface area contributed by atoms with E-state index < -0.39 is 11.6 Å². The van der Waals surface area contributed by atoms with E-state index in [1.807, 2.05) is 54.6 Å². The van der Waals surface area contributed by atoms with E-state index in [-0.39, 0.29) is 23.4 Å². The number of ether oxygens (including phenoxy) is 1. The third-order valence-electron chi connectivity index (χ3n) is 5.72. The van der Waals surface area contributed by atoms with E-state index in [1.54, 1.807) is 13.3 Å². The number of aromatic amines is 1. The molecule has 5 aromatic rings. The van der Waals surface area contributed by atoms with E-state index in [4.69, 9.17) is 9.72 Å². The largest absolute Gasteiger partial charge is 0.496 e. The zero-order chi connectivity index (χ0) is 24.4. The van der Waals surface area contributed by atoms with E-state index in [2.05, 4.69) is 4.98 Å². The summed E-state index contributed by atoms with van der Waals surface area (Å²) in [4.78, 5) is 21.5. The quantitative estimate of drug-likeness (QED) is 0.224. The molecule has 0 radical (unpaired) electrons. The molecule has 8 heteroatoms. The number of rotatable bonds is 7. The third-order valence-corrected chi connectivity index (χ3v) is 6.75. The summed E-state index contributed by atoms with van der Waals surface area (Å²) in [7, 11) is 1.57. The number of benzene rings is 3. The molecule has 0 spiro atoms. The van der Waals surface area contributed by atoms with Crippen LogP contribution in [0.4, 0.5) is 8.78 Å². The van der Waals surface area contributed by atoms with Gasteiger partial charge in [0.05, 0.1) is 13.7 Å². The Kier molecular flexibility index (Phi) is 6.37. The average Bonchev–Trinajstić information content (AvgIpc) is 3.31. The first-order valence-corrected chi connectivity index (χ1v) is 11.9. The molecular weight excluding hydrogens is 468 g/mol. The van der Waals surface area contributed by atoms with Crippen molar-refractivity contribution in [3.8, 4) is 16.9 Å². The summed E-state index contributed by atoms with van der Waals surface area (Å²) in [6, 6.07) is 20.4. The monoisotopic (exact) mass is 489 g/mol. The SMILES string of the molecule is COc1ccccc1Cn1c(SCc2cc(F)ccc2F)nc2c(-c3ccccc3)c[nH]c2c1=O. The van der Waals surface area contributed by atoms with E-state index in [0.717, 1.165) is 34.9 Å². The summed E-state index contributed by atoms with van der Waals surface area (Å²) in [5, 5.41) is 0.397. The molecule has 0 aliphatic heterocycles. The van der Waals surface area contributed by atoms with Gasteiger partial charge in [0.2, 0.25) is 0 Å². The van der Waals surface area contributed by atoms with Gasteiger partial charge >= 0.3 is 0 Å². The van der Waals surface area contributed by atoms with E-state index in [0.29, 0.717) is 21.9 Å². The Bertz CT molecular complexity index is 1560. The molecule has 2 heterocycles. The van der Waals surface area contributed by atoms with Gasteiger partial charge in [-0.25, -0.2) is 13.8 Å². The molecule has 35 heavy (non-hydrogen) atoms. The van der Waals surface area contributed by atoms with Crippen LogP contribution in [0.15, 0.2) is 88.9 Å². The lowest BCUT2D eigenvalue weighted by Crippen LogP contribution is -2.24. The second-order valence-electron chi connectivity index (χ2n) is 7.91. The molecule has 3 aromatic carbocycles. The van der Waals surface area contributed by atoms with E-state index in [9.17, 15) is 13.6 Å². The third kappa shape index (κ3) is 4.57. The first kappa shape index (κ1) is 22.9.